The lowest BCUT2D eigenvalue weighted by molar-refractivity contribution is 0.101. The van der Waals surface area contributed by atoms with Gasteiger partial charge in [0.05, 0.1) is 0 Å². The summed E-state index contributed by atoms with van der Waals surface area (Å²) >= 11 is 0. The van der Waals surface area contributed by atoms with Crippen molar-refractivity contribution in [3.63, 3.8) is 0 Å². The van der Waals surface area contributed by atoms with Crippen LogP contribution >= 0.6 is 0 Å². The molecule has 1 heterocycles. The fourth-order valence-electron chi connectivity index (χ4n) is 1.73. The molecule has 0 spiro atoms. The van der Waals surface area contributed by atoms with Crippen LogP contribution in [0.15, 0.2) is 24.3 Å². The quantitative estimate of drug-likeness (QED) is 0.781. The summed E-state index contributed by atoms with van der Waals surface area (Å²) in [6.45, 7) is 5.43. The largest absolute Gasteiger partial charge is 0.341 e. The average molecular weight is 214 g/mol. The molecule has 2 rings (SSSR count). The molecule has 1 N–H and O–H groups in total. The third-order valence-corrected chi connectivity index (χ3v) is 2.51. The molecule has 1 aromatic carbocycles. The van der Waals surface area contributed by atoms with E-state index in [0.29, 0.717) is 5.69 Å². The third kappa shape index (κ3) is 1.89. The summed E-state index contributed by atoms with van der Waals surface area (Å²) in [5.41, 5.74) is 3.53. The SMILES string of the molecule is CC(=O)c1nc(-c2cccc(C)c2)[nH]c1C. The van der Waals surface area contributed by atoms with Crippen LogP contribution in [0.5, 0.6) is 0 Å². The topological polar surface area (TPSA) is 45.8 Å². The van der Waals surface area contributed by atoms with Crippen molar-refractivity contribution in [1.82, 2.24) is 9.97 Å². The molecule has 0 atom stereocenters. The highest BCUT2D eigenvalue weighted by Gasteiger charge is 2.11. The lowest BCUT2D eigenvalue weighted by Gasteiger charge is -1.97. The van der Waals surface area contributed by atoms with E-state index in [1.54, 1.807) is 0 Å². The number of nitrogens with zero attached hydrogens (tertiary/aromatic N) is 1. The highest BCUT2D eigenvalue weighted by molar-refractivity contribution is 5.93. The van der Waals surface area contributed by atoms with Crippen molar-refractivity contribution in [1.29, 1.82) is 0 Å². The van der Waals surface area contributed by atoms with Gasteiger partial charge in [0.25, 0.3) is 0 Å². The van der Waals surface area contributed by atoms with Gasteiger partial charge in [-0.1, -0.05) is 23.8 Å². The minimum Gasteiger partial charge on any atom is -0.341 e. The van der Waals surface area contributed by atoms with Crippen LogP contribution in [0.3, 0.4) is 0 Å². The van der Waals surface area contributed by atoms with Gasteiger partial charge < -0.3 is 4.98 Å². The van der Waals surface area contributed by atoms with E-state index in [-0.39, 0.29) is 5.78 Å². The van der Waals surface area contributed by atoms with Crippen molar-refractivity contribution in [2.45, 2.75) is 20.8 Å². The standard InChI is InChI=1S/C13H14N2O/c1-8-5-4-6-11(7-8)13-14-9(2)12(15-13)10(3)16/h4-7H,1-3H3,(H,14,15). The molecule has 82 valence electrons. The molecular weight excluding hydrogens is 200 g/mol. The van der Waals surface area contributed by atoms with Gasteiger partial charge in [0.2, 0.25) is 0 Å². The van der Waals surface area contributed by atoms with Gasteiger partial charge in [-0.15, -0.1) is 0 Å². The Hall–Kier alpha value is -1.90. The number of H-pyrrole nitrogens is 1. The number of carbonyl (C=O) groups excluding carboxylic acids is 1. The molecule has 0 bridgehead atoms. The third-order valence-electron chi connectivity index (χ3n) is 2.51. The Balaban J connectivity index is 2.49. The molecule has 0 aliphatic carbocycles. The normalized spacial score (nSPS) is 10.4. The van der Waals surface area contributed by atoms with Crippen LogP contribution in [0.4, 0.5) is 0 Å². The molecule has 2 aromatic rings. The van der Waals surface area contributed by atoms with E-state index in [1.807, 2.05) is 38.1 Å². The van der Waals surface area contributed by atoms with Crippen molar-refractivity contribution in [3.05, 3.63) is 41.2 Å². The minimum absolute atomic E-state index is 0.00680. The molecule has 0 fully saturated rings. The first-order chi connectivity index (χ1) is 7.58. The summed E-state index contributed by atoms with van der Waals surface area (Å²) in [6, 6.07) is 8.04. The zero-order valence-electron chi connectivity index (χ0n) is 9.66. The van der Waals surface area contributed by atoms with Crippen LogP contribution in [0.2, 0.25) is 0 Å². The van der Waals surface area contributed by atoms with Crippen molar-refractivity contribution in [2.24, 2.45) is 0 Å². The van der Waals surface area contributed by atoms with Crippen LogP contribution in [0.25, 0.3) is 11.4 Å². The Kier molecular flexibility index (Phi) is 2.60. The van der Waals surface area contributed by atoms with E-state index in [9.17, 15) is 4.79 Å². The number of carbonyl (C=O) groups is 1. The fraction of sp³-hybridized carbons (Fsp3) is 0.231. The van der Waals surface area contributed by atoms with Crippen LogP contribution in [0, 0.1) is 13.8 Å². The van der Waals surface area contributed by atoms with Gasteiger partial charge in [0, 0.05) is 18.2 Å². The van der Waals surface area contributed by atoms with Gasteiger partial charge in [-0.2, -0.15) is 0 Å². The summed E-state index contributed by atoms with van der Waals surface area (Å²) in [4.78, 5) is 18.7. The molecule has 0 aliphatic rings. The van der Waals surface area contributed by atoms with E-state index in [2.05, 4.69) is 9.97 Å². The van der Waals surface area contributed by atoms with E-state index in [0.717, 1.165) is 17.1 Å². The monoisotopic (exact) mass is 214 g/mol. The highest BCUT2D eigenvalue weighted by atomic mass is 16.1. The number of aromatic amines is 1. The molecule has 3 heteroatoms. The molecule has 0 saturated carbocycles. The van der Waals surface area contributed by atoms with Crippen LogP contribution in [-0.4, -0.2) is 15.8 Å². The molecule has 3 nitrogen and oxygen atoms in total. The summed E-state index contributed by atoms with van der Waals surface area (Å²) in [5.74, 6) is 0.749. The Morgan fingerprint density at radius 3 is 2.62 bits per heavy atom. The summed E-state index contributed by atoms with van der Waals surface area (Å²) in [7, 11) is 0. The van der Waals surface area contributed by atoms with Gasteiger partial charge in [0.1, 0.15) is 11.5 Å². The zero-order chi connectivity index (χ0) is 11.7. The van der Waals surface area contributed by atoms with Crippen molar-refractivity contribution in [2.75, 3.05) is 0 Å². The first-order valence-corrected chi connectivity index (χ1v) is 5.22. The first kappa shape index (κ1) is 10.6. The van der Waals surface area contributed by atoms with Crippen molar-refractivity contribution >= 4 is 5.78 Å². The number of nitrogens with one attached hydrogen (secondary N) is 1. The van der Waals surface area contributed by atoms with E-state index in [1.165, 1.54) is 12.5 Å². The maximum absolute atomic E-state index is 11.3. The Morgan fingerprint density at radius 1 is 1.31 bits per heavy atom. The van der Waals surface area contributed by atoms with E-state index >= 15 is 0 Å². The van der Waals surface area contributed by atoms with Crippen molar-refractivity contribution in [3.8, 4) is 11.4 Å². The summed E-state index contributed by atoms with van der Waals surface area (Å²) in [5, 5.41) is 0. The predicted molar refractivity (Wildman–Crippen MR) is 63.5 cm³/mol. The number of hydrogen-bond acceptors (Lipinski definition) is 2. The van der Waals surface area contributed by atoms with Gasteiger partial charge in [-0.25, -0.2) is 4.98 Å². The van der Waals surface area contributed by atoms with E-state index in [4.69, 9.17) is 0 Å². The smallest absolute Gasteiger partial charge is 0.179 e. The van der Waals surface area contributed by atoms with Crippen LogP contribution in [-0.2, 0) is 0 Å². The molecular formula is C13H14N2O. The number of imidazole rings is 1. The van der Waals surface area contributed by atoms with Crippen molar-refractivity contribution < 1.29 is 4.79 Å². The minimum atomic E-state index is -0.00680. The molecule has 0 unspecified atom stereocenters. The molecule has 0 saturated heterocycles. The number of ketones is 1. The Labute approximate surface area is 94.5 Å². The highest BCUT2D eigenvalue weighted by Crippen LogP contribution is 2.19. The number of benzene rings is 1. The maximum atomic E-state index is 11.3. The fourth-order valence-corrected chi connectivity index (χ4v) is 1.73. The van der Waals surface area contributed by atoms with Gasteiger partial charge >= 0.3 is 0 Å². The second-order valence-corrected chi connectivity index (χ2v) is 3.98. The van der Waals surface area contributed by atoms with Crippen LogP contribution < -0.4 is 0 Å². The van der Waals surface area contributed by atoms with Gasteiger partial charge in [0.15, 0.2) is 5.78 Å². The number of Topliss-reactive ketones (excluding diaryl/α,β-unsaturated/α-hetero) is 1. The number of rotatable bonds is 2. The van der Waals surface area contributed by atoms with Gasteiger partial charge in [-0.3, -0.25) is 4.79 Å². The second-order valence-electron chi connectivity index (χ2n) is 3.98. The van der Waals surface area contributed by atoms with Crippen LogP contribution in [0.1, 0.15) is 28.7 Å². The lowest BCUT2D eigenvalue weighted by atomic mass is 10.1. The van der Waals surface area contributed by atoms with Gasteiger partial charge in [-0.05, 0) is 19.9 Å². The van der Waals surface area contributed by atoms with E-state index < -0.39 is 0 Å². The number of aryl methyl sites for hydroxylation is 2. The number of aromatic nitrogens is 2. The molecule has 1 aromatic heterocycles. The molecule has 0 amide bonds. The molecule has 0 radical (unpaired) electrons. The summed E-state index contributed by atoms with van der Waals surface area (Å²) in [6.07, 6.45) is 0. The predicted octanol–water partition coefficient (Wildman–Crippen LogP) is 2.90. The molecule has 0 aliphatic heterocycles. The summed E-state index contributed by atoms with van der Waals surface area (Å²) < 4.78 is 0. The first-order valence-electron chi connectivity index (χ1n) is 5.22. The maximum Gasteiger partial charge on any atom is 0.179 e. The lowest BCUT2D eigenvalue weighted by Crippen LogP contribution is -1.94. The second kappa shape index (κ2) is 3.93. The molecule has 16 heavy (non-hydrogen) atoms. The Bertz CT molecular complexity index is 541. The average Bonchev–Trinajstić information content (AvgIpc) is 2.60. The number of hydrogen-bond donors (Lipinski definition) is 1. The zero-order valence-corrected chi connectivity index (χ0v) is 9.66. The Morgan fingerprint density at radius 2 is 2.06 bits per heavy atom.